The molecule has 2 atom stereocenters. The molecule has 2 unspecified atom stereocenters. The van der Waals surface area contributed by atoms with E-state index in [-0.39, 0.29) is 49.9 Å². The van der Waals surface area contributed by atoms with Gasteiger partial charge in [-0.1, -0.05) is 18.2 Å². The van der Waals surface area contributed by atoms with Crippen LogP contribution in [0.3, 0.4) is 0 Å². The molecular weight excluding hydrogens is 474 g/mol. The van der Waals surface area contributed by atoms with Gasteiger partial charge in [-0.3, -0.25) is 60.7 Å². The molecule has 2 radical (unpaired) electrons. The Morgan fingerprint density at radius 3 is 1.53 bits per heavy atom. The van der Waals surface area contributed by atoms with Gasteiger partial charge in [0, 0.05) is 60.5 Å². The predicted octanol–water partition coefficient (Wildman–Crippen LogP) is -0.595. The first-order chi connectivity index (χ1) is 14.3. The van der Waals surface area contributed by atoms with Crippen LogP contribution < -0.4 is 5.32 Å². The third kappa shape index (κ3) is 3.17. The Labute approximate surface area is 204 Å². The average molecular weight is 483 g/mol. The minimum Gasteiger partial charge on any atom is -0.304 e. The summed E-state index contributed by atoms with van der Waals surface area (Å²) in [5.41, 5.74) is -14.4. The molecule has 0 bridgehead atoms. The van der Waals surface area contributed by atoms with Gasteiger partial charge in [-0.15, -0.1) is 0 Å². The molecule has 20 heteroatoms. The van der Waals surface area contributed by atoms with Crippen molar-refractivity contribution in [1.82, 2.24) is 0 Å². The number of hydrogen-bond acceptors (Lipinski definition) is 13. The van der Waals surface area contributed by atoms with Crippen LogP contribution in [0.25, 0.3) is 0 Å². The van der Waals surface area contributed by atoms with Crippen LogP contribution in [0, 0.1) is 60.7 Å². The van der Waals surface area contributed by atoms with Crippen molar-refractivity contribution in [3.05, 3.63) is 103 Å². The van der Waals surface area contributed by atoms with Gasteiger partial charge in [-0.05, 0) is 12.1 Å². The molecule has 0 aromatic heterocycles. The van der Waals surface area contributed by atoms with Crippen LogP contribution in [0.1, 0.15) is 0 Å². The maximum Gasteiger partial charge on any atom is 0.695 e. The summed E-state index contributed by atoms with van der Waals surface area (Å²) in [6, 6.07) is 2.54. The van der Waals surface area contributed by atoms with Crippen LogP contribution in [0.5, 0.6) is 0 Å². The van der Waals surface area contributed by atoms with Gasteiger partial charge in [0.2, 0.25) is 0 Å². The Morgan fingerprint density at radius 2 is 1.19 bits per heavy atom. The molecule has 32 heavy (non-hydrogen) atoms. The molecule has 2 rings (SSSR count). The van der Waals surface area contributed by atoms with Crippen molar-refractivity contribution >= 4 is 43.4 Å². The molecule has 19 nitrogen and oxygen atoms in total. The van der Waals surface area contributed by atoms with Gasteiger partial charge in [-0.2, -0.15) is 0 Å². The van der Waals surface area contributed by atoms with Crippen molar-refractivity contribution in [2.45, 2.75) is 23.0 Å². The smallest absolute Gasteiger partial charge is 0.304 e. The Morgan fingerprint density at radius 1 is 0.719 bits per heavy atom. The topological polar surface area (TPSA) is 271 Å². The van der Waals surface area contributed by atoms with Crippen molar-refractivity contribution in [3.63, 3.8) is 0 Å². The molecule has 0 heterocycles. The summed E-state index contributed by atoms with van der Waals surface area (Å²) in [5.74, 6) is 0. The van der Waals surface area contributed by atoms with Crippen LogP contribution in [0.15, 0.2) is 42.5 Å². The molecular formula is C12H9CaN7O12. The van der Waals surface area contributed by atoms with E-state index in [1.807, 2.05) is 0 Å². The van der Waals surface area contributed by atoms with E-state index < -0.39 is 58.3 Å². The van der Waals surface area contributed by atoms with Gasteiger partial charge in [0.1, 0.15) is 19.7 Å². The van der Waals surface area contributed by atoms with Gasteiger partial charge < -0.3 is 5.32 Å². The summed E-state index contributed by atoms with van der Waals surface area (Å²) in [6.07, 6.45) is -0.0418. The van der Waals surface area contributed by atoms with Crippen molar-refractivity contribution in [2.75, 3.05) is 5.32 Å². The minimum atomic E-state index is -5.02. The normalized spacial score (nSPS) is 22.6. The van der Waals surface area contributed by atoms with E-state index in [0.29, 0.717) is 0 Å². The first kappa shape index (κ1) is 26.5. The number of nitrogens with zero attached hydrogens (tertiary/aromatic N) is 6. The maximum absolute atomic E-state index is 12.0. The fourth-order valence-corrected chi connectivity index (χ4v) is 3.44. The number of anilines is 1. The number of benzene rings is 1. The number of nitro groups is 6. The van der Waals surface area contributed by atoms with Gasteiger partial charge in [0.15, 0.2) is 0 Å². The molecule has 1 aliphatic rings. The van der Waals surface area contributed by atoms with E-state index in [1.165, 1.54) is 18.2 Å². The van der Waals surface area contributed by atoms with E-state index in [4.69, 9.17) is 0 Å². The molecule has 0 spiro atoms. The zero-order valence-corrected chi connectivity index (χ0v) is 17.6. The molecule has 0 aliphatic heterocycles. The predicted molar refractivity (Wildman–Crippen MR) is 98.9 cm³/mol. The third-order valence-corrected chi connectivity index (χ3v) is 4.69. The summed E-state index contributed by atoms with van der Waals surface area (Å²) in [5, 5.41) is 72.6. The number of hydrogen-bond donors (Lipinski definition) is 1. The molecule has 1 aliphatic carbocycles. The molecule has 0 saturated carbocycles. The zero-order valence-electron chi connectivity index (χ0n) is 15.4. The Hall–Kier alpha value is -3.58. The van der Waals surface area contributed by atoms with Gasteiger partial charge in [-0.25, -0.2) is 0 Å². The number of para-hydroxylation sites is 1. The zero-order chi connectivity index (χ0) is 23.8. The van der Waals surface area contributed by atoms with Crippen molar-refractivity contribution in [2.24, 2.45) is 0 Å². The second-order valence-electron chi connectivity index (χ2n) is 6.03. The fourth-order valence-electron chi connectivity index (χ4n) is 3.44. The summed E-state index contributed by atoms with van der Waals surface area (Å²) in [6.45, 7) is 0. The molecule has 0 fully saturated rings. The van der Waals surface area contributed by atoms with Crippen LogP contribution in [0.4, 0.5) is 5.69 Å². The van der Waals surface area contributed by atoms with E-state index in [1.54, 1.807) is 5.32 Å². The molecule has 1 aromatic rings. The summed E-state index contributed by atoms with van der Waals surface area (Å²) in [7, 11) is 0. The van der Waals surface area contributed by atoms with Crippen molar-refractivity contribution in [3.8, 4) is 0 Å². The first-order valence-corrected chi connectivity index (χ1v) is 7.72. The molecule has 0 amide bonds. The number of nitrogens with one attached hydrogen (secondary N) is 1. The summed E-state index contributed by atoms with van der Waals surface area (Å²) < 4.78 is 0. The van der Waals surface area contributed by atoms with Gasteiger partial charge >= 0.3 is 23.0 Å². The third-order valence-electron chi connectivity index (χ3n) is 4.69. The molecule has 0 saturated heterocycles. The summed E-state index contributed by atoms with van der Waals surface area (Å²) in [4.78, 5) is 58.5. The second kappa shape index (κ2) is 8.88. The van der Waals surface area contributed by atoms with Crippen LogP contribution >= 0.6 is 0 Å². The van der Waals surface area contributed by atoms with Crippen molar-refractivity contribution in [1.29, 1.82) is 0 Å². The maximum atomic E-state index is 12.0. The van der Waals surface area contributed by atoms with Crippen LogP contribution in [0.2, 0.25) is 0 Å². The quantitative estimate of drug-likeness (QED) is 0.159. The van der Waals surface area contributed by atoms with E-state index >= 15 is 0 Å². The van der Waals surface area contributed by atoms with Crippen LogP contribution in [-0.2, 0) is 0 Å². The van der Waals surface area contributed by atoms with Crippen LogP contribution in [-0.4, -0.2) is 90.3 Å². The van der Waals surface area contributed by atoms with E-state index in [9.17, 15) is 60.7 Å². The first-order valence-electron chi connectivity index (χ1n) is 7.72. The molecule has 1 aromatic carbocycles. The molecule has 166 valence electrons. The van der Waals surface area contributed by atoms with Crippen molar-refractivity contribution < 1.29 is 29.5 Å². The Balaban J connectivity index is 0.00000512. The summed E-state index contributed by atoms with van der Waals surface area (Å²) >= 11 is 0. The Bertz CT molecular complexity index is 1000. The molecule has 1 N–H and O–H groups in total. The standard InChI is InChI=1S/C12H9N7O12.Ca/c20-14(21)9-6-7-10(15(22)23,13-8-4-2-1-3-5-8)12(18(28)29,19(30)31)11(9,16(24)25)17(26)27;/h1-7,9,13H;. The monoisotopic (exact) mass is 483 g/mol. The van der Waals surface area contributed by atoms with Gasteiger partial charge in [0.05, 0.1) is 4.92 Å². The fraction of sp³-hybridized carbons (Fsp3) is 0.333. The average Bonchev–Trinajstić information content (AvgIpc) is 2.66. The largest absolute Gasteiger partial charge is 0.695 e. The minimum absolute atomic E-state index is 0. The Kier molecular flexibility index (Phi) is 7.34. The number of rotatable bonds is 8. The van der Waals surface area contributed by atoms with E-state index in [2.05, 4.69) is 0 Å². The van der Waals surface area contributed by atoms with Gasteiger partial charge in [0.25, 0.3) is 0 Å². The van der Waals surface area contributed by atoms with E-state index in [0.717, 1.165) is 12.1 Å². The second-order valence-corrected chi connectivity index (χ2v) is 6.03. The SMILES string of the molecule is O=[N+]([O-])C1C=CC(Nc2ccccc2)([N+](=O)[O-])C([N+](=O)[O-])([N+](=O)[O-])C1([N+](=O)[O-])[N+](=O)[O-].[Ca].